The summed E-state index contributed by atoms with van der Waals surface area (Å²) in [6, 6.07) is 11.4. The van der Waals surface area contributed by atoms with E-state index in [1.807, 2.05) is 50.2 Å². The summed E-state index contributed by atoms with van der Waals surface area (Å²) in [5.74, 6) is 2.04. The highest BCUT2D eigenvalue weighted by atomic mass is 16.5. The first-order chi connectivity index (χ1) is 9.54. The number of aliphatic hydroxyl groups is 1. The van der Waals surface area contributed by atoms with E-state index in [2.05, 4.69) is 0 Å². The maximum atomic E-state index is 9.96. The van der Waals surface area contributed by atoms with Crippen LogP contribution in [0.1, 0.15) is 29.7 Å². The van der Waals surface area contributed by atoms with Crippen molar-refractivity contribution in [3.8, 4) is 17.2 Å². The topological polar surface area (TPSA) is 38.7 Å². The van der Waals surface area contributed by atoms with Gasteiger partial charge in [0.05, 0.1) is 18.8 Å². The van der Waals surface area contributed by atoms with Gasteiger partial charge in [0.1, 0.15) is 17.2 Å². The first kappa shape index (κ1) is 14.4. The van der Waals surface area contributed by atoms with Gasteiger partial charge in [-0.3, -0.25) is 0 Å². The zero-order chi connectivity index (χ0) is 14.7. The summed E-state index contributed by atoms with van der Waals surface area (Å²) in [7, 11) is 1.59. The van der Waals surface area contributed by atoms with Gasteiger partial charge < -0.3 is 14.6 Å². The minimum Gasteiger partial charge on any atom is -0.496 e. The summed E-state index contributed by atoms with van der Waals surface area (Å²) in [6.07, 6.45) is -0.661. The van der Waals surface area contributed by atoms with Crippen LogP contribution in [0.5, 0.6) is 17.2 Å². The fourth-order valence-corrected chi connectivity index (χ4v) is 2.16. The van der Waals surface area contributed by atoms with Crippen LogP contribution in [0.15, 0.2) is 36.4 Å². The van der Waals surface area contributed by atoms with E-state index in [4.69, 9.17) is 9.47 Å². The number of rotatable bonds is 4. The highest BCUT2D eigenvalue weighted by Gasteiger charge is 2.16. The van der Waals surface area contributed by atoms with E-state index in [0.717, 1.165) is 11.3 Å². The monoisotopic (exact) mass is 272 g/mol. The predicted octanol–water partition coefficient (Wildman–Crippen LogP) is 4.16. The lowest BCUT2D eigenvalue weighted by Crippen LogP contribution is -2.00. The number of ether oxygens (including phenoxy) is 2. The molecule has 0 unspecified atom stereocenters. The molecule has 0 aliphatic rings. The van der Waals surface area contributed by atoms with Gasteiger partial charge in [-0.2, -0.15) is 0 Å². The minimum atomic E-state index is -0.661. The van der Waals surface area contributed by atoms with Crippen molar-refractivity contribution >= 4 is 0 Å². The smallest absolute Gasteiger partial charge is 0.136 e. The summed E-state index contributed by atoms with van der Waals surface area (Å²) in [5.41, 5.74) is 2.92. The Morgan fingerprint density at radius 3 is 2.20 bits per heavy atom. The Kier molecular flexibility index (Phi) is 4.30. The van der Waals surface area contributed by atoms with E-state index in [1.54, 1.807) is 14.0 Å². The van der Waals surface area contributed by atoms with E-state index < -0.39 is 6.10 Å². The lowest BCUT2D eigenvalue weighted by atomic mass is 10.1. The summed E-state index contributed by atoms with van der Waals surface area (Å²) in [5, 5.41) is 9.96. The van der Waals surface area contributed by atoms with Crippen LogP contribution in [0, 0.1) is 13.8 Å². The first-order valence-corrected chi connectivity index (χ1v) is 6.63. The van der Waals surface area contributed by atoms with Crippen LogP contribution in [0.25, 0.3) is 0 Å². The maximum Gasteiger partial charge on any atom is 0.136 e. The van der Waals surface area contributed by atoms with Gasteiger partial charge in [0.15, 0.2) is 0 Å². The Balaban J connectivity index is 2.46. The SMILES string of the molecule is COc1cccc(Oc2cccc(C)c2C)c1[C@@H](C)O. The van der Waals surface area contributed by atoms with E-state index in [0.29, 0.717) is 17.1 Å². The number of hydrogen-bond donors (Lipinski definition) is 1. The minimum absolute atomic E-state index is 0.619. The Morgan fingerprint density at radius 1 is 0.950 bits per heavy atom. The second-order valence-corrected chi connectivity index (χ2v) is 4.85. The Morgan fingerprint density at radius 2 is 1.55 bits per heavy atom. The molecule has 0 amide bonds. The van der Waals surface area contributed by atoms with Crippen LogP contribution in [0.2, 0.25) is 0 Å². The molecule has 106 valence electrons. The Bertz CT molecular complexity index is 603. The molecule has 0 saturated heterocycles. The normalized spacial score (nSPS) is 12.1. The average Bonchev–Trinajstić information content (AvgIpc) is 2.43. The van der Waals surface area contributed by atoms with Gasteiger partial charge in [0.25, 0.3) is 0 Å². The van der Waals surface area contributed by atoms with Crippen molar-refractivity contribution in [3.63, 3.8) is 0 Å². The number of hydrogen-bond acceptors (Lipinski definition) is 3. The van der Waals surface area contributed by atoms with Crippen molar-refractivity contribution in [1.82, 2.24) is 0 Å². The van der Waals surface area contributed by atoms with Gasteiger partial charge in [0.2, 0.25) is 0 Å². The van der Waals surface area contributed by atoms with Crippen LogP contribution in [-0.4, -0.2) is 12.2 Å². The van der Waals surface area contributed by atoms with E-state index in [-0.39, 0.29) is 0 Å². The molecule has 0 aromatic heterocycles. The molecule has 2 rings (SSSR count). The molecule has 2 aromatic carbocycles. The summed E-state index contributed by atoms with van der Waals surface area (Å²) in [6.45, 7) is 5.77. The molecule has 0 bridgehead atoms. The van der Waals surface area contributed by atoms with Crippen LogP contribution in [0.4, 0.5) is 0 Å². The zero-order valence-corrected chi connectivity index (χ0v) is 12.3. The van der Waals surface area contributed by atoms with Crippen molar-refractivity contribution in [2.24, 2.45) is 0 Å². The highest BCUT2D eigenvalue weighted by Crippen LogP contribution is 2.37. The number of methoxy groups -OCH3 is 1. The lowest BCUT2D eigenvalue weighted by molar-refractivity contribution is 0.190. The average molecular weight is 272 g/mol. The number of aliphatic hydroxyl groups excluding tert-OH is 1. The maximum absolute atomic E-state index is 9.96. The van der Waals surface area contributed by atoms with Crippen molar-refractivity contribution in [1.29, 1.82) is 0 Å². The molecular formula is C17H20O3. The summed E-state index contributed by atoms with van der Waals surface area (Å²) in [4.78, 5) is 0. The van der Waals surface area contributed by atoms with Gasteiger partial charge in [-0.25, -0.2) is 0 Å². The molecule has 0 fully saturated rings. The molecule has 3 nitrogen and oxygen atoms in total. The molecular weight excluding hydrogens is 252 g/mol. The van der Waals surface area contributed by atoms with Crippen LogP contribution in [0.3, 0.4) is 0 Å². The molecule has 0 heterocycles. The second-order valence-electron chi connectivity index (χ2n) is 4.85. The fourth-order valence-electron chi connectivity index (χ4n) is 2.16. The summed E-state index contributed by atoms with van der Waals surface area (Å²) < 4.78 is 11.3. The van der Waals surface area contributed by atoms with Crippen LogP contribution in [-0.2, 0) is 0 Å². The van der Waals surface area contributed by atoms with Crippen molar-refractivity contribution < 1.29 is 14.6 Å². The molecule has 2 aromatic rings. The van der Waals surface area contributed by atoms with Crippen LogP contribution >= 0.6 is 0 Å². The molecule has 1 N–H and O–H groups in total. The molecule has 1 atom stereocenters. The third kappa shape index (κ3) is 2.78. The third-order valence-electron chi connectivity index (χ3n) is 3.44. The van der Waals surface area contributed by atoms with Crippen molar-refractivity contribution in [2.75, 3.05) is 7.11 Å². The lowest BCUT2D eigenvalue weighted by Gasteiger charge is -2.17. The van der Waals surface area contributed by atoms with Gasteiger partial charge in [-0.15, -0.1) is 0 Å². The van der Waals surface area contributed by atoms with E-state index >= 15 is 0 Å². The zero-order valence-electron chi connectivity index (χ0n) is 12.3. The summed E-state index contributed by atoms with van der Waals surface area (Å²) >= 11 is 0. The first-order valence-electron chi connectivity index (χ1n) is 6.63. The Labute approximate surface area is 119 Å². The standard InChI is InChI=1S/C17H20O3/c1-11-7-5-8-14(12(11)2)20-16-10-6-9-15(19-4)17(16)13(3)18/h5-10,13,18H,1-4H3/t13-/m1/s1. The largest absolute Gasteiger partial charge is 0.496 e. The molecule has 0 aliphatic carbocycles. The molecule has 0 radical (unpaired) electrons. The van der Waals surface area contributed by atoms with Crippen molar-refractivity contribution in [3.05, 3.63) is 53.1 Å². The van der Waals surface area contributed by atoms with Crippen LogP contribution < -0.4 is 9.47 Å². The van der Waals surface area contributed by atoms with E-state index in [1.165, 1.54) is 5.56 Å². The van der Waals surface area contributed by atoms with Gasteiger partial charge in [-0.05, 0) is 50.1 Å². The van der Waals surface area contributed by atoms with Gasteiger partial charge >= 0.3 is 0 Å². The van der Waals surface area contributed by atoms with Gasteiger partial charge in [-0.1, -0.05) is 18.2 Å². The molecule has 20 heavy (non-hydrogen) atoms. The molecule has 3 heteroatoms. The van der Waals surface area contributed by atoms with Crippen molar-refractivity contribution in [2.45, 2.75) is 26.9 Å². The number of aryl methyl sites for hydroxylation is 1. The van der Waals surface area contributed by atoms with E-state index in [9.17, 15) is 5.11 Å². The highest BCUT2D eigenvalue weighted by molar-refractivity contribution is 5.49. The molecule has 0 spiro atoms. The number of benzene rings is 2. The quantitative estimate of drug-likeness (QED) is 0.908. The molecule has 0 aliphatic heterocycles. The fraction of sp³-hybridized carbons (Fsp3) is 0.294. The predicted molar refractivity (Wildman–Crippen MR) is 79.6 cm³/mol. The third-order valence-corrected chi connectivity index (χ3v) is 3.44. The van der Waals surface area contributed by atoms with Gasteiger partial charge in [0, 0.05) is 0 Å². The Hall–Kier alpha value is -2.00. The second kappa shape index (κ2) is 5.97. The molecule has 0 saturated carbocycles.